The predicted molar refractivity (Wildman–Crippen MR) is 94.0 cm³/mol. The number of guanidine groups is 1. The second kappa shape index (κ2) is 11.0. The number of methoxy groups -OCH3 is 1. The quantitative estimate of drug-likeness (QED) is 0.415. The van der Waals surface area contributed by atoms with Crippen LogP contribution in [0.3, 0.4) is 0 Å². The molecule has 0 radical (unpaired) electrons. The van der Waals surface area contributed by atoms with Crippen molar-refractivity contribution in [2.75, 3.05) is 20.7 Å². The van der Waals surface area contributed by atoms with Gasteiger partial charge in [0.25, 0.3) is 0 Å². The van der Waals surface area contributed by atoms with Crippen LogP contribution in [0.5, 0.6) is 0 Å². The number of aliphatic imine (C=N–C) groups is 1. The van der Waals surface area contributed by atoms with Gasteiger partial charge in [0.2, 0.25) is 0 Å². The van der Waals surface area contributed by atoms with Crippen molar-refractivity contribution >= 4 is 5.96 Å². The van der Waals surface area contributed by atoms with E-state index in [0.29, 0.717) is 12.1 Å². The molecule has 0 spiro atoms. The average molecular weight is 323 g/mol. The van der Waals surface area contributed by atoms with Gasteiger partial charge >= 0.3 is 0 Å². The second-order valence-corrected chi connectivity index (χ2v) is 6.10. The van der Waals surface area contributed by atoms with E-state index in [2.05, 4.69) is 29.5 Å². The molecule has 1 rings (SSSR count). The van der Waals surface area contributed by atoms with Crippen LogP contribution in [0.25, 0.3) is 0 Å². The van der Waals surface area contributed by atoms with Crippen LogP contribution in [0.15, 0.2) is 23.2 Å². The lowest BCUT2D eigenvalue weighted by Gasteiger charge is -2.13. The highest BCUT2D eigenvalue weighted by Gasteiger charge is 2.04. The fraction of sp³-hybridized carbons (Fsp3) is 0.611. The molecule has 0 heterocycles. The summed E-state index contributed by atoms with van der Waals surface area (Å²) in [6, 6.07) is 5.08. The van der Waals surface area contributed by atoms with Crippen LogP contribution in [-0.4, -0.2) is 26.7 Å². The van der Waals surface area contributed by atoms with Crippen LogP contribution >= 0.6 is 0 Å². The molecule has 5 heteroatoms. The maximum atomic E-state index is 13.6. The molecule has 0 aliphatic heterocycles. The SMILES string of the molecule is CN=C(NCCCCC(C)C)NCc1ccc(F)c(COC)c1. The van der Waals surface area contributed by atoms with E-state index >= 15 is 0 Å². The lowest BCUT2D eigenvalue weighted by molar-refractivity contribution is 0.181. The molecule has 0 fully saturated rings. The molecule has 4 nitrogen and oxygen atoms in total. The number of rotatable bonds is 9. The Balaban J connectivity index is 2.38. The number of halogens is 1. The molecule has 0 saturated heterocycles. The summed E-state index contributed by atoms with van der Waals surface area (Å²) >= 11 is 0. The molecular weight excluding hydrogens is 293 g/mol. The van der Waals surface area contributed by atoms with Crippen LogP contribution in [0, 0.1) is 11.7 Å². The van der Waals surface area contributed by atoms with Crippen LogP contribution in [0.2, 0.25) is 0 Å². The van der Waals surface area contributed by atoms with Crippen molar-refractivity contribution in [3.63, 3.8) is 0 Å². The Hall–Kier alpha value is -1.62. The molecule has 0 aliphatic rings. The van der Waals surface area contributed by atoms with Crippen molar-refractivity contribution < 1.29 is 9.13 Å². The smallest absolute Gasteiger partial charge is 0.191 e. The van der Waals surface area contributed by atoms with Gasteiger partial charge in [0, 0.05) is 32.8 Å². The van der Waals surface area contributed by atoms with Gasteiger partial charge in [0.05, 0.1) is 6.61 Å². The molecule has 2 N–H and O–H groups in total. The summed E-state index contributed by atoms with van der Waals surface area (Å²) in [7, 11) is 3.32. The maximum absolute atomic E-state index is 13.6. The van der Waals surface area contributed by atoms with Crippen LogP contribution in [0.4, 0.5) is 4.39 Å². The topological polar surface area (TPSA) is 45.7 Å². The Morgan fingerprint density at radius 3 is 2.70 bits per heavy atom. The monoisotopic (exact) mass is 323 g/mol. The number of benzene rings is 1. The molecule has 0 bridgehead atoms. The highest BCUT2D eigenvalue weighted by Crippen LogP contribution is 2.11. The predicted octanol–water partition coefficient (Wildman–Crippen LogP) is 3.46. The summed E-state index contributed by atoms with van der Waals surface area (Å²) < 4.78 is 18.6. The molecule has 130 valence electrons. The minimum Gasteiger partial charge on any atom is -0.380 e. The van der Waals surface area contributed by atoms with E-state index in [9.17, 15) is 4.39 Å². The van der Waals surface area contributed by atoms with Gasteiger partial charge in [-0.1, -0.05) is 32.8 Å². The van der Waals surface area contributed by atoms with Crippen molar-refractivity contribution in [3.05, 3.63) is 35.1 Å². The van der Waals surface area contributed by atoms with E-state index in [-0.39, 0.29) is 12.4 Å². The third-order valence-electron chi connectivity index (χ3n) is 3.59. The van der Waals surface area contributed by atoms with E-state index < -0.39 is 0 Å². The number of unbranched alkanes of at least 4 members (excludes halogenated alkanes) is 1. The van der Waals surface area contributed by atoms with E-state index in [0.717, 1.165) is 30.4 Å². The third-order valence-corrected chi connectivity index (χ3v) is 3.59. The van der Waals surface area contributed by atoms with Gasteiger partial charge in [-0.3, -0.25) is 4.99 Å². The fourth-order valence-electron chi connectivity index (χ4n) is 2.29. The fourth-order valence-corrected chi connectivity index (χ4v) is 2.29. The first-order valence-electron chi connectivity index (χ1n) is 8.27. The first kappa shape index (κ1) is 19.4. The van der Waals surface area contributed by atoms with Crippen molar-refractivity contribution in [3.8, 4) is 0 Å². The Bertz CT molecular complexity index is 489. The van der Waals surface area contributed by atoms with Gasteiger partial charge in [-0.25, -0.2) is 4.39 Å². The van der Waals surface area contributed by atoms with E-state index in [1.807, 2.05) is 6.07 Å². The summed E-state index contributed by atoms with van der Waals surface area (Å²) in [5, 5.41) is 6.55. The highest BCUT2D eigenvalue weighted by atomic mass is 19.1. The molecular formula is C18H30FN3O. The molecule has 0 saturated carbocycles. The van der Waals surface area contributed by atoms with Crippen LogP contribution in [-0.2, 0) is 17.9 Å². The molecule has 1 aromatic carbocycles. The summed E-state index contributed by atoms with van der Waals surface area (Å²) in [5.41, 5.74) is 1.57. The average Bonchev–Trinajstić information content (AvgIpc) is 2.52. The zero-order valence-corrected chi connectivity index (χ0v) is 14.8. The lowest BCUT2D eigenvalue weighted by atomic mass is 10.1. The highest BCUT2D eigenvalue weighted by molar-refractivity contribution is 5.79. The van der Waals surface area contributed by atoms with E-state index in [1.165, 1.54) is 18.9 Å². The third kappa shape index (κ3) is 7.98. The van der Waals surface area contributed by atoms with Gasteiger partial charge in [-0.15, -0.1) is 0 Å². The van der Waals surface area contributed by atoms with Crippen LogP contribution < -0.4 is 10.6 Å². The molecule has 0 unspecified atom stereocenters. The number of nitrogens with one attached hydrogen (secondary N) is 2. The van der Waals surface area contributed by atoms with Gasteiger partial charge < -0.3 is 15.4 Å². The van der Waals surface area contributed by atoms with E-state index in [1.54, 1.807) is 20.2 Å². The van der Waals surface area contributed by atoms with Crippen LogP contribution in [0.1, 0.15) is 44.2 Å². The normalized spacial score (nSPS) is 11.8. The maximum Gasteiger partial charge on any atom is 0.191 e. The molecule has 0 aromatic heterocycles. The molecule has 1 aromatic rings. The van der Waals surface area contributed by atoms with Crippen molar-refractivity contribution in [2.45, 2.75) is 46.3 Å². The zero-order valence-electron chi connectivity index (χ0n) is 14.8. The Morgan fingerprint density at radius 2 is 2.04 bits per heavy atom. The standard InChI is InChI=1S/C18H30FN3O/c1-14(2)7-5-6-10-21-18(20-3)22-12-15-8-9-17(19)16(11-15)13-23-4/h8-9,11,14H,5-7,10,12-13H2,1-4H3,(H2,20,21,22). The molecule has 0 amide bonds. The van der Waals surface area contributed by atoms with Crippen molar-refractivity contribution in [1.29, 1.82) is 0 Å². The number of nitrogens with zero attached hydrogens (tertiary/aromatic N) is 1. The van der Waals surface area contributed by atoms with Crippen molar-refractivity contribution in [2.24, 2.45) is 10.9 Å². The van der Waals surface area contributed by atoms with Gasteiger partial charge in [0.15, 0.2) is 5.96 Å². The largest absolute Gasteiger partial charge is 0.380 e. The lowest BCUT2D eigenvalue weighted by Crippen LogP contribution is -2.37. The Kier molecular flexibility index (Phi) is 9.29. The molecule has 0 aliphatic carbocycles. The second-order valence-electron chi connectivity index (χ2n) is 6.10. The Morgan fingerprint density at radius 1 is 1.26 bits per heavy atom. The summed E-state index contributed by atoms with van der Waals surface area (Å²) in [6.07, 6.45) is 3.61. The molecule has 23 heavy (non-hydrogen) atoms. The summed E-state index contributed by atoms with van der Waals surface area (Å²) in [4.78, 5) is 4.21. The molecule has 0 atom stereocenters. The summed E-state index contributed by atoms with van der Waals surface area (Å²) in [6.45, 7) is 6.28. The minimum absolute atomic E-state index is 0.233. The zero-order chi connectivity index (χ0) is 17.1. The van der Waals surface area contributed by atoms with E-state index in [4.69, 9.17) is 4.74 Å². The van der Waals surface area contributed by atoms with Gasteiger partial charge in [-0.05, 0) is 30.0 Å². The van der Waals surface area contributed by atoms with Gasteiger partial charge in [-0.2, -0.15) is 0 Å². The number of hydrogen-bond acceptors (Lipinski definition) is 2. The van der Waals surface area contributed by atoms with Crippen molar-refractivity contribution in [1.82, 2.24) is 10.6 Å². The first-order chi connectivity index (χ1) is 11.1. The summed E-state index contributed by atoms with van der Waals surface area (Å²) in [5.74, 6) is 1.29. The number of hydrogen-bond donors (Lipinski definition) is 2. The Labute approximate surface area is 139 Å². The minimum atomic E-state index is -0.233. The number of ether oxygens (including phenoxy) is 1. The first-order valence-corrected chi connectivity index (χ1v) is 8.27. The van der Waals surface area contributed by atoms with Gasteiger partial charge in [0.1, 0.15) is 5.82 Å².